The summed E-state index contributed by atoms with van der Waals surface area (Å²) in [6.07, 6.45) is -0.668. The Morgan fingerprint density at radius 1 is 0.917 bits per heavy atom. The molecule has 0 spiro atoms. The van der Waals surface area contributed by atoms with E-state index >= 15 is 0 Å². The molecule has 2 aromatic carbocycles. The number of methoxy groups -OCH3 is 2. The maximum Gasteiger partial charge on any atom is 0.407 e. The number of fused-ring (bicyclic) bond motifs is 1. The van der Waals surface area contributed by atoms with Crippen LogP contribution in [0.25, 0.3) is 22.2 Å². The van der Waals surface area contributed by atoms with Crippen LogP contribution in [0.4, 0.5) is 4.79 Å². The minimum Gasteiger partial charge on any atom is -0.493 e. The molecule has 0 saturated carbocycles. The van der Waals surface area contributed by atoms with Crippen LogP contribution in [-0.2, 0) is 9.53 Å². The van der Waals surface area contributed by atoms with Crippen molar-refractivity contribution in [3.05, 3.63) is 54.1 Å². The summed E-state index contributed by atoms with van der Waals surface area (Å²) < 4.78 is 15.8. The summed E-state index contributed by atoms with van der Waals surface area (Å²) in [5, 5.41) is 3.12. The van der Waals surface area contributed by atoms with E-state index in [1.165, 1.54) is 0 Å². The van der Waals surface area contributed by atoms with Crippen LogP contribution in [-0.4, -0.2) is 49.3 Å². The van der Waals surface area contributed by atoms with Crippen LogP contribution in [0.5, 0.6) is 11.5 Å². The SMILES string of the molecule is COc1ccc(-c2cc(C(=O)NNC(=O)CCNC(=O)OC(C)(C)C)c3ccccc3n2)cc1OC. The van der Waals surface area contributed by atoms with Gasteiger partial charge in [-0.15, -0.1) is 0 Å². The molecule has 0 aliphatic carbocycles. The zero-order chi connectivity index (χ0) is 26.3. The molecule has 0 aliphatic heterocycles. The van der Waals surface area contributed by atoms with Gasteiger partial charge in [0.25, 0.3) is 5.91 Å². The van der Waals surface area contributed by atoms with E-state index in [1.54, 1.807) is 71.4 Å². The lowest BCUT2D eigenvalue weighted by atomic mass is 10.0. The first-order chi connectivity index (χ1) is 17.1. The van der Waals surface area contributed by atoms with Crippen molar-refractivity contribution in [2.45, 2.75) is 32.8 Å². The monoisotopic (exact) mass is 494 g/mol. The number of nitrogens with one attached hydrogen (secondary N) is 3. The average molecular weight is 495 g/mol. The van der Waals surface area contributed by atoms with Crippen LogP contribution in [0, 0.1) is 0 Å². The minimum atomic E-state index is -0.635. The van der Waals surface area contributed by atoms with E-state index in [4.69, 9.17) is 14.2 Å². The molecule has 36 heavy (non-hydrogen) atoms. The lowest BCUT2D eigenvalue weighted by molar-refractivity contribution is -0.121. The average Bonchev–Trinajstić information content (AvgIpc) is 2.85. The first kappa shape index (κ1) is 26.3. The van der Waals surface area contributed by atoms with Gasteiger partial charge in [0.1, 0.15) is 5.60 Å². The van der Waals surface area contributed by atoms with Crippen molar-refractivity contribution in [2.24, 2.45) is 0 Å². The van der Waals surface area contributed by atoms with Crippen molar-refractivity contribution in [2.75, 3.05) is 20.8 Å². The van der Waals surface area contributed by atoms with E-state index in [0.29, 0.717) is 33.7 Å². The highest BCUT2D eigenvalue weighted by molar-refractivity contribution is 6.07. The number of hydrogen-bond donors (Lipinski definition) is 3. The molecule has 10 nitrogen and oxygen atoms in total. The van der Waals surface area contributed by atoms with E-state index in [9.17, 15) is 14.4 Å². The van der Waals surface area contributed by atoms with Gasteiger partial charge in [-0.05, 0) is 51.1 Å². The Kier molecular flexibility index (Phi) is 8.31. The second kappa shape index (κ2) is 11.4. The molecule has 0 bridgehead atoms. The lowest BCUT2D eigenvalue weighted by Crippen LogP contribution is -2.43. The number of alkyl carbamates (subject to hydrolysis) is 1. The van der Waals surface area contributed by atoms with Crippen LogP contribution in [0.1, 0.15) is 37.6 Å². The normalized spacial score (nSPS) is 10.9. The largest absolute Gasteiger partial charge is 0.493 e. The summed E-state index contributed by atoms with van der Waals surface area (Å²) in [4.78, 5) is 41.6. The fourth-order valence-corrected chi connectivity index (χ4v) is 3.36. The molecule has 0 fully saturated rings. The third kappa shape index (κ3) is 6.84. The Balaban J connectivity index is 1.73. The molecule has 3 aromatic rings. The number of hydrazine groups is 1. The minimum absolute atomic E-state index is 0.0481. The van der Waals surface area contributed by atoms with Crippen molar-refractivity contribution in [1.29, 1.82) is 0 Å². The summed E-state index contributed by atoms with van der Waals surface area (Å²) in [5.74, 6) is 0.119. The van der Waals surface area contributed by atoms with Crippen LogP contribution >= 0.6 is 0 Å². The molecule has 1 heterocycles. The van der Waals surface area contributed by atoms with Crippen LogP contribution < -0.4 is 25.6 Å². The molecule has 0 saturated heterocycles. The molecule has 10 heteroatoms. The number of carbonyl (C=O) groups is 3. The van der Waals surface area contributed by atoms with E-state index in [1.807, 2.05) is 12.1 Å². The van der Waals surface area contributed by atoms with Gasteiger partial charge < -0.3 is 19.5 Å². The summed E-state index contributed by atoms with van der Waals surface area (Å²) in [5.41, 5.74) is 6.39. The van der Waals surface area contributed by atoms with Crippen LogP contribution in [0.3, 0.4) is 0 Å². The summed E-state index contributed by atoms with van der Waals surface area (Å²) in [7, 11) is 3.09. The molecule has 0 unspecified atom stereocenters. The zero-order valence-corrected chi connectivity index (χ0v) is 20.9. The number of benzene rings is 2. The molecule has 0 atom stereocenters. The predicted octanol–water partition coefficient (Wildman–Crippen LogP) is 3.59. The fourth-order valence-electron chi connectivity index (χ4n) is 3.36. The van der Waals surface area contributed by atoms with Gasteiger partial charge >= 0.3 is 6.09 Å². The van der Waals surface area contributed by atoms with Crippen molar-refractivity contribution >= 4 is 28.8 Å². The third-order valence-electron chi connectivity index (χ3n) is 4.98. The number of rotatable bonds is 7. The Labute approximate surface area is 209 Å². The Bertz CT molecular complexity index is 1270. The summed E-state index contributed by atoms with van der Waals surface area (Å²) in [6.45, 7) is 5.29. The second-order valence-electron chi connectivity index (χ2n) is 8.82. The smallest absolute Gasteiger partial charge is 0.407 e. The van der Waals surface area contributed by atoms with Gasteiger partial charge in [-0.25, -0.2) is 9.78 Å². The van der Waals surface area contributed by atoms with Gasteiger partial charge in [-0.2, -0.15) is 0 Å². The van der Waals surface area contributed by atoms with Gasteiger partial charge in [-0.3, -0.25) is 20.4 Å². The van der Waals surface area contributed by atoms with E-state index in [-0.39, 0.29) is 13.0 Å². The molecule has 0 aliphatic rings. The molecule has 0 radical (unpaired) electrons. The molecule has 3 rings (SSSR count). The van der Waals surface area contributed by atoms with Crippen LogP contribution in [0.15, 0.2) is 48.5 Å². The first-order valence-corrected chi connectivity index (χ1v) is 11.3. The number of ether oxygens (including phenoxy) is 3. The Morgan fingerprint density at radius 2 is 1.64 bits per heavy atom. The second-order valence-corrected chi connectivity index (χ2v) is 8.82. The van der Waals surface area contributed by atoms with Crippen molar-refractivity contribution in [1.82, 2.24) is 21.2 Å². The van der Waals surface area contributed by atoms with E-state index < -0.39 is 23.5 Å². The molecule has 3 N–H and O–H groups in total. The summed E-state index contributed by atoms with van der Waals surface area (Å²) in [6, 6.07) is 14.2. The molecular weight excluding hydrogens is 464 g/mol. The first-order valence-electron chi connectivity index (χ1n) is 11.3. The van der Waals surface area contributed by atoms with Gasteiger partial charge in [0, 0.05) is 23.9 Å². The third-order valence-corrected chi connectivity index (χ3v) is 4.98. The number of amides is 3. The highest BCUT2D eigenvalue weighted by Gasteiger charge is 2.17. The quantitative estimate of drug-likeness (QED) is 0.428. The highest BCUT2D eigenvalue weighted by Crippen LogP contribution is 2.33. The molecular formula is C26H30N4O6. The number of aromatic nitrogens is 1. The highest BCUT2D eigenvalue weighted by atomic mass is 16.6. The van der Waals surface area contributed by atoms with Crippen LogP contribution in [0.2, 0.25) is 0 Å². The maximum absolute atomic E-state index is 13.0. The van der Waals surface area contributed by atoms with Crippen molar-refractivity contribution in [3.8, 4) is 22.8 Å². The topological polar surface area (TPSA) is 128 Å². The summed E-state index contributed by atoms with van der Waals surface area (Å²) >= 11 is 0. The number of nitrogens with zero attached hydrogens (tertiary/aromatic N) is 1. The maximum atomic E-state index is 13.0. The van der Waals surface area contributed by atoms with E-state index in [2.05, 4.69) is 21.2 Å². The Morgan fingerprint density at radius 3 is 2.33 bits per heavy atom. The molecule has 190 valence electrons. The van der Waals surface area contributed by atoms with Gasteiger partial charge in [0.2, 0.25) is 5.91 Å². The van der Waals surface area contributed by atoms with Gasteiger partial charge in [0.15, 0.2) is 11.5 Å². The number of carbonyl (C=O) groups excluding carboxylic acids is 3. The number of hydrogen-bond acceptors (Lipinski definition) is 7. The lowest BCUT2D eigenvalue weighted by Gasteiger charge is -2.19. The van der Waals surface area contributed by atoms with E-state index in [0.717, 1.165) is 5.56 Å². The van der Waals surface area contributed by atoms with Crippen molar-refractivity contribution in [3.63, 3.8) is 0 Å². The zero-order valence-electron chi connectivity index (χ0n) is 20.9. The molecule has 1 aromatic heterocycles. The van der Waals surface area contributed by atoms with Gasteiger partial charge in [-0.1, -0.05) is 18.2 Å². The standard InChI is InChI=1S/C26H30N4O6/c1-26(2,3)36-25(33)27-13-12-23(31)29-30-24(32)18-15-20(28-19-9-7-6-8-17(18)19)16-10-11-21(34-4)22(14-16)35-5/h6-11,14-15H,12-13H2,1-5H3,(H,27,33)(H,29,31)(H,30,32). The predicted molar refractivity (Wildman–Crippen MR) is 135 cm³/mol. The number of pyridine rings is 1. The molecule has 3 amide bonds. The van der Waals surface area contributed by atoms with Crippen molar-refractivity contribution < 1.29 is 28.6 Å². The Hall–Kier alpha value is -4.34. The van der Waals surface area contributed by atoms with Gasteiger partial charge in [0.05, 0.1) is 31.0 Å². The number of para-hydroxylation sites is 1. The fraction of sp³-hybridized carbons (Fsp3) is 0.308.